The molecule has 0 fully saturated rings. The lowest BCUT2D eigenvalue weighted by molar-refractivity contribution is -0.249. The Hall–Kier alpha value is -2.07. The van der Waals surface area contributed by atoms with Crippen LogP contribution in [0.15, 0.2) is 24.3 Å². The maximum Gasteiger partial charge on any atom is 0.417 e. The third-order valence-electron chi connectivity index (χ3n) is 3.26. The van der Waals surface area contributed by atoms with Gasteiger partial charge >= 0.3 is 18.4 Å². The third-order valence-corrected chi connectivity index (χ3v) is 3.26. The van der Waals surface area contributed by atoms with Gasteiger partial charge < -0.3 is 10.6 Å². The minimum atomic E-state index is -5.50. The minimum absolute atomic E-state index is 0.0367. The van der Waals surface area contributed by atoms with E-state index in [0.29, 0.717) is 12.1 Å². The van der Waals surface area contributed by atoms with E-state index in [9.17, 15) is 39.9 Å². The number of benzene rings is 1. The second-order valence-corrected chi connectivity index (χ2v) is 5.17. The van der Waals surface area contributed by atoms with Crippen LogP contribution in [-0.4, -0.2) is 23.7 Å². The molecule has 0 radical (unpaired) electrons. The second kappa shape index (κ2) is 6.10. The summed E-state index contributed by atoms with van der Waals surface area (Å²) in [6.45, 7) is 0.0315. The average Bonchev–Trinajstić information content (AvgIpc) is 2.35. The number of hydrogen-bond donors (Lipinski definition) is 2. The molecule has 1 rings (SSSR count). The average molecular weight is 364 g/mol. The van der Waals surface area contributed by atoms with Crippen LogP contribution in [0.2, 0.25) is 0 Å². The van der Waals surface area contributed by atoms with Crippen LogP contribution < -0.4 is 10.6 Å². The van der Waals surface area contributed by atoms with Crippen molar-refractivity contribution < 1.29 is 39.9 Å². The Morgan fingerprint density at radius 1 is 0.958 bits per heavy atom. The smallest absolute Gasteiger partial charge is 0.319 e. The van der Waals surface area contributed by atoms with E-state index in [0.717, 1.165) is 17.4 Å². The molecular weight excluding hydrogens is 352 g/mol. The summed E-state index contributed by atoms with van der Waals surface area (Å²) in [7, 11) is 0. The van der Waals surface area contributed by atoms with E-state index >= 15 is 0 Å². The Morgan fingerprint density at radius 2 is 1.50 bits per heavy atom. The molecule has 1 aromatic carbocycles. The van der Waals surface area contributed by atoms with E-state index in [1.54, 1.807) is 5.32 Å². The summed E-state index contributed by atoms with van der Waals surface area (Å²) >= 11 is 0. The van der Waals surface area contributed by atoms with Crippen molar-refractivity contribution in [3.05, 3.63) is 29.8 Å². The van der Waals surface area contributed by atoms with E-state index < -0.39 is 41.1 Å². The van der Waals surface area contributed by atoms with Crippen molar-refractivity contribution in [2.75, 3.05) is 5.32 Å². The van der Waals surface area contributed by atoms with Gasteiger partial charge in [0.2, 0.25) is 0 Å². The highest BCUT2D eigenvalue weighted by Crippen LogP contribution is 2.41. The number of nitrogens with one attached hydrogen (secondary N) is 2. The molecule has 0 heterocycles. The first-order valence-corrected chi connectivity index (χ1v) is 6.29. The lowest BCUT2D eigenvalue weighted by Gasteiger charge is -2.37. The zero-order valence-electron chi connectivity index (χ0n) is 12.2. The molecule has 0 saturated carbocycles. The molecule has 1 atom stereocenters. The predicted molar refractivity (Wildman–Crippen MR) is 68.7 cm³/mol. The highest BCUT2D eigenvalue weighted by molar-refractivity contribution is 5.90. The molecule has 2 amide bonds. The minimum Gasteiger partial charge on any atom is -0.319 e. The van der Waals surface area contributed by atoms with Gasteiger partial charge in [0.15, 0.2) is 5.54 Å². The maximum atomic E-state index is 13.3. The fourth-order valence-corrected chi connectivity index (χ4v) is 1.59. The molecule has 3 nitrogen and oxygen atoms in total. The van der Waals surface area contributed by atoms with Gasteiger partial charge in [-0.15, -0.1) is 0 Å². The molecule has 0 spiro atoms. The van der Waals surface area contributed by atoms with Gasteiger partial charge in [-0.05, 0) is 25.1 Å². The van der Waals surface area contributed by atoms with Crippen LogP contribution in [0.3, 0.4) is 0 Å². The number of carbonyl (C=O) groups excluding carboxylic acids is 1. The van der Waals surface area contributed by atoms with E-state index in [1.165, 1.54) is 0 Å². The Kier molecular flexibility index (Phi) is 5.07. The zero-order valence-corrected chi connectivity index (χ0v) is 12.2. The summed E-state index contributed by atoms with van der Waals surface area (Å²) in [5.41, 5.74) is -5.59. The standard InChI is InChI=1S/C13H12F8N2O/c1-10(11(2,14)15,13(19,20)21)23-9(24)22-8-5-3-4-7(6-8)12(16,17)18/h3-6H,1-2H3,(H2,22,23,24). The summed E-state index contributed by atoms with van der Waals surface area (Å²) in [5, 5.41) is 2.74. The lowest BCUT2D eigenvalue weighted by Crippen LogP contribution is -2.66. The molecule has 1 aromatic rings. The van der Waals surface area contributed by atoms with Crippen LogP contribution in [-0.2, 0) is 6.18 Å². The molecule has 1 unspecified atom stereocenters. The molecule has 0 bridgehead atoms. The molecule has 2 N–H and O–H groups in total. The van der Waals surface area contributed by atoms with Crippen LogP contribution >= 0.6 is 0 Å². The Labute approximate surface area is 131 Å². The quantitative estimate of drug-likeness (QED) is 0.743. The monoisotopic (exact) mass is 364 g/mol. The molecule has 0 aliphatic heterocycles. The van der Waals surface area contributed by atoms with Crippen molar-refractivity contribution in [2.24, 2.45) is 0 Å². The summed E-state index contributed by atoms with van der Waals surface area (Å²) in [4.78, 5) is 11.5. The van der Waals surface area contributed by atoms with Gasteiger partial charge in [0.05, 0.1) is 5.56 Å². The van der Waals surface area contributed by atoms with Crippen LogP contribution in [0.25, 0.3) is 0 Å². The molecule has 0 aliphatic carbocycles. The van der Waals surface area contributed by atoms with E-state index in [2.05, 4.69) is 0 Å². The van der Waals surface area contributed by atoms with Crippen molar-refractivity contribution in [3.8, 4) is 0 Å². The maximum absolute atomic E-state index is 13.3. The second-order valence-electron chi connectivity index (χ2n) is 5.17. The van der Waals surface area contributed by atoms with Gasteiger partial charge in [0.25, 0.3) is 5.92 Å². The first-order chi connectivity index (χ1) is 10.6. The highest BCUT2D eigenvalue weighted by atomic mass is 19.4. The molecule has 0 aliphatic rings. The Balaban J connectivity index is 3.00. The largest absolute Gasteiger partial charge is 0.417 e. The highest BCUT2D eigenvalue weighted by Gasteiger charge is 2.65. The van der Waals surface area contributed by atoms with Crippen molar-refractivity contribution in [2.45, 2.75) is 37.7 Å². The molecule has 136 valence electrons. The third kappa shape index (κ3) is 4.26. The predicted octanol–water partition coefficient (Wildman–Crippen LogP) is 4.80. The summed E-state index contributed by atoms with van der Waals surface area (Å²) in [6, 6.07) is 1.26. The summed E-state index contributed by atoms with van der Waals surface area (Å²) in [5.74, 6) is -4.38. The van der Waals surface area contributed by atoms with Crippen molar-refractivity contribution >= 4 is 11.7 Å². The lowest BCUT2D eigenvalue weighted by atomic mass is 9.94. The van der Waals surface area contributed by atoms with Crippen molar-refractivity contribution in [1.82, 2.24) is 5.32 Å². The number of rotatable bonds is 3. The van der Waals surface area contributed by atoms with Crippen LogP contribution in [0, 0.1) is 0 Å². The first kappa shape index (κ1) is 20.0. The molecular formula is C13H12F8N2O. The normalized spacial score (nSPS) is 15.6. The van der Waals surface area contributed by atoms with E-state index in [-0.39, 0.29) is 13.8 Å². The number of amides is 2. The first-order valence-electron chi connectivity index (χ1n) is 6.29. The fourth-order valence-electron chi connectivity index (χ4n) is 1.59. The topological polar surface area (TPSA) is 41.1 Å². The number of carbonyl (C=O) groups is 1. The Morgan fingerprint density at radius 3 is 1.92 bits per heavy atom. The van der Waals surface area contributed by atoms with Gasteiger partial charge in [-0.25, -0.2) is 13.6 Å². The van der Waals surface area contributed by atoms with Crippen molar-refractivity contribution in [3.63, 3.8) is 0 Å². The van der Waals surface area contributed by atoms with E-state index in [1.807, 2.05) is 0 Å². The van der Waals surface area contributed by atoms with Crippen LogP contribution in [0.5, 0.6) is 0 Å². The number of hydrogen-bond acceptors (Lipinski definition) is 1. The summed E-state index contributed by atoms with van der Waals surface area (Å²) < 4.78 is 103. The zero-order chi connectivity index (χ0) is 19.0. The van der Waals surface area contributed by atoms with Gasteiger partial charge in [-0.1, -0.05) is 6.07 Å². The number of halogens is 8. The molecule has 0 saturated heterocycles. The van der Waals surface area contributed by atoms with Crippen LogP contribution in [0.1, 0.15) is 19.4 Å². The number of anilines is 1. The van der Waals surface area contributed by atoms with Gasteiger partial charge in [-0.3, -0.25) is 0 Å². The van der Waals surface area contributed by atoms with Crippen molar-refractivity contribution in [1.29, 1.82) is 0 Å². The van der Waals surface area contributed by atoms with E-state index in [4.69, 9.17) is 0 Å². The molecule has 24 heavy (non-hydrogen) atoms. The number of urea groups is 1. The van der Waals surface area contributed by atoms with Gasteiger partial charge in [-0.2, -0.15) is 26.3 Å². The Bertz CT molecular complexity index is 589. The number of alkyl halides is 8. The molecule has 0 aromatic heterocycles. The SMILES string of the molecule is CC(F)(F)C(C)(NC(=O)Nc1cccc(C(F)(F)F)c1)C(F)(F)F. The molecule has 11 heteroatoms. The van der Waals surface area contributed by atoms with Gasteiger partial charge in [0.1, 0.15) is 0 Å². The van der Waals surface area contributed by atoms with Gasteiger partial charge in [0, 0.05) is 12.6 Å². The van der Waals surface area contributed by atoms with Crippen LogP contribution in [0.4, 0.5) is 45.6 Å². The fraction of sp³-hybridized carbons (Fsp3) is 0.462. The summed E-state index contributed by atoms with van der Waals surface area (Å²) in [6.07, 6.45) is -10.2.